The van der Waals surface area contributed by atoms with Crippen LogP contribution in [-0.4, -0.2) is 4.98 Å². The van der Waals surface area contributed by atoms with E-state index in [0.29, 0.717) is 10.7 Å². The number of hydrogen-bond acceptors (Lipinski definition) is 3. The number of hydrogen-bond donors (Lipinski definition) is 1. The Labute approximate surface area is 125 Å². The third kappa shape index (κ3) is 2.51. The van der Waals surface area contributed by atoms with Gasteiger partial charge in [0.2, 0.25) is 0 Å². The van der Waals surface area contributed by atoms with Crippen LogP contribution in [0.15, 0.2) is 48.7 Å². The van der Waals surface area contributed by atoms with Crippen LogP contribution >= 0.6 is 11.6 Å². The van der Waals surface area contributed by atoms with E-state index in [1.807, 2.05) is 12.1 Å². The molecular weight excluding hydrogens is 289 g/mol. The Kier molecular flexibility index (Phi) is 3.43. The number of rotatable bonds is 2. The molecule has 0 fully saturated rings. The van der Waals surface area contributed by atoms with Crippen LogP contribution < -0.4 is 5.32 Å². The summed E-state index contributed by atoms with van der Waals surface area (Å²) in [7, 11) is 0. The molecule has 0 saturated carbocycles. The lowest BCUT2D eigenvalue weighted by atomic mass is 10.1. The Morgan fingerprint density at radius 3 is 2.81 bits per heavy atom. The fourth-order valence-corrected chi connectivity index (χ4v) is 2.28. The monoisotopic (exact) mass is 297 g/mol. The predicted molar refractivity (Wildman–Crippen MR) is 81.2 cm³/mol. The molecule has 1 heterocycles. The Morgan fingerprint density at radius 2 is 2.00 bits per heavy atom. The summed E-state index contributed by atoms with van der Waals surface area (Å²) < 4.78 is 13.6. The van der Waals surface area contributed by atoms with Crippen LogP contribution in [-0.2, 0) is 0 Å². The van der Waals surface area contributed by atoms with Gasteiger partial charge in [-0.3, -0.25) is 4.98 Å². The van der Waals surface area contributed by atoms with Gasteiger partial charge < -0.3 is 5.32 Å². The number of aromatic nitrogens is 1. The molecule has 1 N–H and O–H groups in total. The fourth-order valence-electron chi connectivity index (χ4n) is 2.12. The zero-order valence-corrected chi connectivity index (χ0v) is 11.5. The van der Waals surface area contributed by atoms with Crippen molar-refractivity contribution in [1.82, 2.24) is 4.98 Å². The van der Waals surface area contributed by atoms with E-state index in [0.717, 1.165) is 16.6 Å². The molecule has 2 aromatic carbocycles. The van der Waals surface area contributed by atoms with Crippen molar-refractivity contribution in [2.45, 2.75) is 0 Å². The van der Waals surface area contributed by atoms with Crippen molar-refractivity contribution in [3.05, 3.63) is 65.1 Å². The van der Waals surface area contributed by atoms with Crippen molar-refractivity contribution in [2.24, 2.45) is 0 Å². The van der Waals surface area contributed by atoms with Crippen molar-refractivity contribution in [3.63, 3.8) is 0 Å². The quantitative estimate of drug-likeness (QED) is 0.749. The average Bonchev–Trinajstić information content (AvgIpc) is 2.47. The van der Waals surface area contributed by atoms with Gasteiger partial charge in [0.1, 0.15) is 17.4 Å². The lowest BCUT2D eigenvalue weighted by molar-refractivity contribution is 0.624. The molecule has 3 nitrogen and oxygen atoms in total. The minimum Gasteiger partial charge on any atom is -0.354 e. The summed E-state index contributed by atoms with van der Waals surface area (Å²) in [6.07, 6.45) is 1.63. The SMILES string of the molecule is N#Cc1c(F)cccc1Nc1ccnc2cc(Cl)ccc12. The van der Waals surface area contributed by atoms with E-state index >= 15 is 0 Å². The molecule has 5 heteroatoms. The van der Waals surface area contributed by atoms with Gasteiger partial charge in [0.05, 0.1) is 11.2 Å². The first-order valence-corrected chi connectivity index (χ1v) is 6.57. The van der Waals surface area contributed by atoms with Crippen molar-refractivity contribution >= 4 is 33.9 Å². The van der Waals surface area contributed by atoms with Crippen molar-refractivity contribution in [2.75, 3.05) is 5.32 Å². The maximum absolute atomic E-state index is 13.6. The summed E-state index contributed by atoms with van der Waals surface area (Å²) >= 11 is 5.95. The summed E-state index contributed by atoms with van der Waals surface area (Å²) in [5.74, 6) is -0.552. The molecule has 0 aliphatic carbocycles. The van der Waals surface area contributed by atoms with E-state index in [4.69, 9.17) is 16.9 Å². The summed E-state index contributed by atoms with van der Waals surface area (Å²) in [4.78, 5) is 4.24. The molecule has 0 unspecified atom stereocenters. The molecule has 0 saturated heterocycles. The molecule has 0 aliphatic rings. The van der Waals surface area contributed by atoms with Crippen LogP contribution in [0.1, 0.15) is 5.56 Å². The normalized spacial score (nSPS) is 10.3. The van der Waals surface area contributed by atoms with Gasteiger partial charge in [-0.1, -0.05) is 17.7 Å². The molecule has 3 aromatic rings. The lowest BCUT2D eigenvalue weighted by Crippen LogP contribution is -1.97. The third-order valence-electron chi connectivity index (χ3n) is 3.10. The summed E-state index contributed by atoms with van der Waals surface area (Å²) in [5.41, 5.74) is 1.86. The van der Waals surface area contributed by atoms with Crippen LogP contribution in [0, 0.1) is 17.1 Å². The van der Waals surface area contributed by atoms with Gasteiger partial charge in [-0.15, -0.1) is 0 Å². The van der Waals surface area contributed by atoms with Gasteiger partial charge in [-0.25, -0.2) is 4.39 Å². The average molecular weight is 298 g/mol. The van der Waals surface area contributed by atoms with E-state index < -0.39 is 5.82 Å². The lowest BCUT2D eigenvalue weighted by Gasteiger charge is -2.11. The molecule has 0 aliphatic heterocycles. The topological polar surface area (TPSA) is 48.7 Å². The highest BCUT2D eigenvalue weighted by Gasteiger charge is 2.09. The Balaban J connectivity index is 2.11. The zero-order chi connectivity index (χ0) is 14.8. The van der Waals surface area contributed by atoms with Crippen molar-refractivity contribution in [3.8, 4) is 6.07 Å². The number of anilines is 2. The number of nitrogens with one attached hydrogen (secondary N) is 1. The highest BCUT2D eigenvalue weighted by Crippen LogP contribution is 2.29. The maximum Gasteiger partial charge on any atom is 0.143 e. The number of nitriles is 1. The van der Waals surface area contributed by atoms with Gasteiger partial charge in [-0.05, 0) is 36.4 Å². The highest BCUT2D eigenvalue weighted by molar-refractivity contribution is 6.31. The number of nitrogens with zero attached hydrogens (tertiary/aromatic N) is 2. The van der Waals surface area contributed by atoms with Gasteiger partial charge in [-0.2, -0.15) is 5.26 Å². The van der Waals surface area contributed by atoms with Crippen LogP contribution in [0.25, 0.3) is 10.9 Å². The summed E-state index contributed by atoms with van der Waals surface area (Å²) in [6.45, 7) is 0. The Hall–Kier alpha value is -2.64. The first-order valence-electron chi connectivity index (χ1n) is 6.19. The molecule has 3 rings (SSSR count). The van der Waals surface area contributed by atoms with Crippen LogP contribution in [0.3, 0.4) is 0 Å². The van der Waals surface area contributed by atoms with Gasteiger partial charge in [0, 0.05) is 22.3 Å². The molecule has 0 bridgehead atoms. The zero-order valence-electron chi connectivity index (χ0n) is 10.8. The second kappa shape index (κ2) is 5.39. The second-order valence-corrected chi connectivity index (χ2v) is 4.86. The molecule has 102 valence electrons. The summed E-state index contributed by atoms with van der Waals surface area (Å²) in [6, 6.07) is 13.4. The molecule has 0 atom stereocenters. The standard InChI is InChI=1S/C16H9ClFN3/c17-10-4-5-11-15(6-7-20-16(11)8-10)21-14-3-1-2-13(18)12(14)9-19/h1-8H,(H,20,21). The highest BCUT2D eigenvalue weighted by atomic mass is 35.5. The molecule has 0 spiro atoms. The maximum atomic E-state index is 13.6. The van der Waals surface area contributed by atoms with Gasteiger partial charge >= 0.3 is 0 Å². The van der Waals surface area contributed by atoms with E-state index in [9.17, 15) is 4.39 Å². The fraction of sp³-hybridized carbons (Fsp3) is 0. The molecule has 1 aromatic heterocycles. The third-order valence-corrected chi connectivity index (χ3v) is 3.33. The largest absolute Gasteiger partial charge is 0.354 e. The van der Waals surface area contributed by atoms with Gasteiger partial charge in [0.25, 0.3) is 0 Å². The smallest absolute Gasteiger partial charge is 0.143 e. The first kappa shape index (κ1) is 13.3. The first-order chi connectivity index (χ1) is 10.2. The van der Waals surface area contributed by atoms with Gasteiger partial charge in [0.15, 0.2) is 0 Å². The minimum atomic E-state index is -0.552. The summed E-state index contributed by atoms with van der Waals surface area (Å²) in [5, 5.41) is 13.6. The van der Waals surface area contributed by atoms with Crippen LogP contribution in [0.4, 0.5) is 15.8 Å². The van der Waals surface area contributed by atoms with E-state index in [-0.39, 0.29) is 5.56 Å². The van der Waals surface area contributed by atoms with Crippen LogP contribution in [0.2, 0.25) is 5.02 Å². The van der Waals surface area contributed by atoms with E-state index in [1.165, 1.54) is 6.07 Å². The predicted octanol–water partition coefficient (Wildman–Crippen LogP) is 4.64. The number of benzene rings is 2. The Bertz CT molecular complexity index is 871. The van der Waals surface area contributed by atoms with Crippen LogP contribution in [0.5, 0.6) is 0 Å². The van der Waals surface area contributed by atoms with E-state index in [1.54, 1.807) is 36.5 Å². The minimum absolute atomic E-state index is 0.0172. The number of halogens is 2. The van der Waals surface area contributed by atoms with Crippen molar-refractivity contribution < 1.29 is 4.39 Å². The molecule has 0 radical (unpaired) electrons. The number of fused-ring (bicyclic) bond motifs is 1. The molecule has 21 heavy (non-hydrogen) atoms. The molecular formula is C16H9ClFN3. The number of pyridine rings is 1. The van der Waals surface area contributed by atoms with Crippen molar-refractivity contribution in [1.29, 1.82) is 5.26 Å². The molecule has 0 amide bonds. The van der Waals surface area contributed by atoms with E-state index in [2.05, 4.69) is 10.3 Å². The Morgan fingerprint density at radius 1 is 1.14 bits per heavy atom. The second-order valence-electron chi connectivity index (χ2n) is 4.42.